The van der Waals surface area contributed by atoms with Crippen molar-refractivity contribution in [2.75, 3.05) is 11.5 Å². The first-order valence-corrected chi connectivity index (χ1v) is 10.7. The molecule has 0 saturated heterocycles. The maximum absolute atomic E-state index is 12.3. The highest BCUT2D eigenvalue weighted by Crippen LogP contribution is 2.30. The van der Waals surface area contributed by atoms with E-state index in [1.165, 1.54) is 24.5 Å². The summed E-state index contributed by atoms with van der Waals surface area (Å²) in [4.78, 5) is 8.86. The lowest BCUT2D eigenvalue weighted by Gasteiger charge is -2.10. The molecule has 1 aromatic carbocycles. The molecule has 8 heteroatoms. The maximum Gasteiger partial charge on any atom is 0.178 e. The number of rotatable bonds is 4. The molecule has 2 aromatic heterocycles. The van der Waals surface area contributed by atoms with Gasteiger partial charge in [-0.2, -0.15) is 0 Å². The van der Waals surface area contributed by atoms with E-state index in [0.717, 1.165) is 0 Å². The van der Waals surface area contributed by atoms with E-state index in [9.17, 15) is 16.8 Å². The molecule has 24 heavy (non-hydrogen) atoms. The Bertz CT molecular complexity index is 1060. The molecule has 0 atom stereocenters. The van der Waals surface area contributed by atoms with Crippen molar-refractivity contribution in [1.82, 2.24) is 9.97 Å². The van der Waals surface area contributed by atoms with Gasteiger partial charge < -0.3 is 0 Å². The molecule has 0 amide bonds. The van der Waals surface area contributed by atoms with Crippen LogP contribution in [0.5, 0.6) is 0 Å². The van der Waals surface area contributed by atoms with Crippen molar-refractivity contribution in [3.63, 3.8) is 0 Å². The van der Waals surface area contributed by atoms with E-state index >= 15 is 0 Å². The molecule has 0 spiro atoms. The summed E-state index contributed by atoms with van der Waals surface area (Å²) in [5.74, 6) is -0.0519. The zero-order chi connectivity index (χ0) is 17.5. The monoisotopic (exact) mass is 364 g/mol. The maximum atomic E-state index is 12.3. The predicted molar refractivity (Wildman–Crippen MR) is 92.5 cm³/mol. The van der Waals surface area contributed by atoms with Gasteiger partial charge in [-0.25, -0.2) is 16.8 Å². The molecule has 0 aliphatic carbocycles. The molecule has 0 saturated carbocycles. The van der Waals surface area contributed by atoms with Crippen LogP contribution in [0.2, 0.25) is 0 Å². The average Bonchev–Trinajstić information content (AvgIpc) is 2.60. The summed E-state index contributed by atoms with van der Waals surface area (Å²) in [5.41, 5.74) is 0.769. The van der Waals surface area contributed by atoms with E-state index in [1.54, 1.807) is 26.0 Å². The highest BCUT2D eigenvalue weighted by Gasteiger charge is 2.20. The van der Waals surface area contributed by atoms with Crippen molar-refractivity contribution in [3.8, 4) is 0 Å². The first-order chi connectivity index (χ1) is 11.3. The van der Waals surface area contributed by atoms with Gasteiger partial charge in [0.15, 0.2) is 19.7 Å². The van der Waals surface area contributed by atoms with Crippen LogP contribution >= 0.6 is 0 Å². The van der Waals surface area contributed by atoms with Crippen molar-refractivity contribution in [1.29, 1.82) is 0 Å². The van der Waals surface area contributed by atoms with Gasteiger partial charge >= 0.3 is 0 Å². The van der Waals surface area contributed by atoms with E-state index in [-0.39, 0.29) is 21.3 Å². The van der Waals surface area contributed by atoms with Crippen molar-refractivity contribution in [3.05, 3.63) is 36.7 Å². The molecule has 0 unspecified atom stereocenters. The fourth-order valence-corrected chi connectivity index (χ4v) is 4.79. The fraction of sp³-hybridized carbons (Fsp3) is 0.250. The molecule has 0 radical (unpaired) electrons. The minimum atomic E-state index is -3.42. The fourth-order valence-electron chi connectivity index (χ4n) is 2.63. The van der Waals surface area contributed by atoms with E-state index < -0.39 is 19.7 Å². The molecule has 3 rings (SSSR count). The number of nitrogens with zero attached hydrogens (tertiary/aromatic N) is 2. The quantitative estimate of drug-likeness (QED) is 0.660. The van der Waals surface area contributed by atoms with E-state index in [1.807, 2.05) is 0 Å². The van der Waals surface area contributed by atoms with Gasteiger partial charge in [0.2, 0.25) is 0 Å². The first-order valence-electron chi connectivity index (χ1n) is 7.43. The SMILES string of the molecule is CCS(=O)(=O)c1ccnc2c1ccc1c(S(=O)(=O)CC)ccnc12. The Kier molecular flexibility index (Phi) is 4.05. The molecule has 3 aromatic rings. The minimum Gasteiger partial charge on any atom is -0.254 e. The van der Waals surface area contributed by atoms with Crippen LogP contribution in [0.4, 0.5) is 0 Å². The van der Waals surface area contributed by atoms with Crippen molar-refractivity contribution in [2.45, 2.75) is 23.6 Å². The van der Waals surface area contributed by atoms with Crippen LogP contribution in [0.1, 0.15) is 13.8 Å². The molecule has 0 aliphatic heterocycles. The summed E-state index contributed by atoms with van der Waals surface area (Å²) < 4.78 is 49.1. The lowest BCUT2D eigenvalue weighted by Crippen LogP contribution is -2.06. The standard InChI is InChI=1S/C16H16N2O4S2/c1-3-23(19,20)13-7-9-17-15-11(13)5-6-12-14(24(21,22)4-2)8-10-18-16(12)15/h5-10H,3-4H2,1-2H3. The number of benzene rings is 1. The first kappa shape index (κ1) is 16.8. The summed E-state index contributed by atoms with van der Waals surface area (Å²) in [6.45, 7) is 3.15. The molecule has 6 nitrogen and oxygen atoms in total. The van der Waals surface area contributed by atoms with E-state index in [4.69, 9.17) is 0 Å². The molecular formula is C16H16N2O4S2. The summed E-state index contributed by atoms with van der Waals surface area (Å²) in [7, 11) is -6.85. The van der Waals surface area contributed by atoms with Crippen molar-refractivity contribution < 1.29 is 16.8 Å². The summed E-state index contributed by atoms with van der Waals surface area (Å²) in [6, 6.07) is 6.12. The third-order valence-corrected chi connectivity index (χ3v) is 7.54. The molecule has 0 aliphatic rings. The van der Waals surface area contributed by atoms with Gasteiger partial charge in [-0.1, -0.05) is 26.0 Å². The normalized spacial score (nSPS) is 12.8. The highest BCUT2D eigenvalue weighted by molar-refractivity contribution is 7.91. The Hall–Kier alpha value is -2.06. The van der Waals surface area contributed by atoms with Gasteiger partial charge in [0, 0.05) is 23.2 Å². The lowest BCUT2D eigenvalue weighted by molar-refractivity contribution is 0.596. The second-order valence-corrected chi connectivity index (χ2v) is 9.78. The van der Waals surface area contributed by atoms with Crippen LogP contribution in [0.25, 0.3) is 21.8 Å². The van der Waals surface area contributed by atoms with E-state index in [0.29, 0.717) is 21.8 Å². The molecule has 2 heterocycles. The van der Waals surface area contributed by atoms with Crippen LogP contribution in [0, 0.1) is 0 Å². The van der Waals surface area contributed by atoms with Crippen LogP contribution in [0.3, 0.4) is 0 Å². The second-order valence-electron chi connectivity index (χ2n) is 5.28. The second kappa shape index (κ2) is 5.78. The number of fused-ring (bicyclic) bond motifs is 3. The van der Waals surface area contributed by atoms with Crippen LogP contribution in [-0.2, 0) is 19.7 Å². The lowest BCUT2D eigenvalue weighted by atomic mass is 10.1. The molecule has 126 valence electrons. The van der Waals surface area contributed by atoms with Gasteiger partial charge in [-0.3, -0.25) is 9.97 Å². The number of hydrogen-bond donors (Lipinski definition) is 0. The molecule has 0 N–H and O–H groups in total. The Labute approximate surface area is 140 Å². The number of aromatic nitrogens is 2. The smallest absolute Gasteiger partial charge is 0.178 e. The van der Waals surface area contributed by atoms with Crippen LogP contribution < -0.4 is 0 Å². The number of sulfone groups is 2. The Balaban J connectivity index is 2.47. The Morgan fingerprint density at radius 1 is 0.708 bits per heavy atom. The topological polar surface area (TPSA) is 94.1 Å². The third kappa shape index (κ3) is 2.55. The van der Waals surface area contributed by atoms with Gasteiger partial charge in [-0.15, -0.1) is 0 Å². The Morgan fingerprint density at radius 3 is 1.42 bits per heavy atom. The minimum absolute atomic E-state index is 0.0260. The summed E-state index contributed by atoms with van der Waals surface area (Å²) >= 11 is 0. The van der Waals surface area contributed by atoms with Gasteiger partial charge in [-0.05, 0) is 12.1 Å². The molecule has 0 fully saturated rings. The number of hydrogen-bond acceptors (Lipinski definition) is 6. The van der Waals surface area contributed by atoms with Gasteiger partial charge in [0.1, 0.15) is 0 Å². The average molecular weight is 364 g/mol. The zero-order valence-electron chi connectivity index (χ0n) is 13.2. The summed E-state index contributed by atoms with van der Waals surface area (Å²) in [5, 5.41) is 0.899. The van der Waals surface area contributed by atoms with Crippen LogP contribution in [-0.4, -0.2) is 38.3 Å². The van der Waals surface area contributed by atoms with E-state index in [2.05, 4.69) is 9.97 Å². The van der Waals surface area contributed by atoms with Gasteiger partial charge in [0.05, 0.1) is 32.3 Å². The zero-order valence-corrected chi connectivity index (χ0v) is 14.9. The predicted octanol–water partition coefficient (Wildman–Crippen LogP) is 2.37. The van der Waals surface area contributed by atoms with Crippen LogP contribution in [0.15, 0.2) is 46.5 Å². The van der Waals surface area contributed by atoms with Crippen molar-refractivity contribution in [2.24, 2.45) is 0 Å². The molecular weight excluding hydrogens is 348 g/mol. The number of pyridine rings is 2. The van der Waals surface area contributed by atoms with Gasteiger partial charge in [0.25, 0.3) is 0 Å². The van der Waals surface area contributed by atoms with Crippen molar-refractivity contribution >= 4 is 41.5 Å². The summed E-state index contributed by atoms with van der Waals surface area (Å²) in [6.07, 6.45) is 2.82. The largest absolute Gasteiger partial charge is 0.254 e. The molecule has 0 bridgehead atoms. The Morgan fingerprint density at radius 2 is 1.08 bits per heavy atom. The highest BCUT2D eigenvalue weighted by atomic mass is 32.2. The third-order valence-electron chi connectivity index (χ3n) is 3.97.